The van der Waals surface area contributed by atoms with Gasteiger partial charge >= 0.3 is 6.18 Å². The zero-order valence-electron chi connectivity index (χ0n) is 7.51. The van der Waals surface area contributed by atoms with Gasteiger partial charge in [-0.2, -0.15) is 18.2 Å². The Balaban J connectivity index is 2.69. The minimum atomic E-state index is -4.32. The Kier molecular flexibility index (Phi) is 3.10. The van der Waals surface area contributed by atoms with Crippen LogP contribution in [0, 0.1) is 0 Å². The van der Waals surface area contributed by atoms with E-state index < -0.39 is 18.6 Å². The lowest BCUT2D eigenvalue weighted by Crippen LogP contribution is -2.13. The normalized spacial score (nSPS) is 14.4. The molecule has 1 heterocycles. The second-order valence-electron chi connectivity index (χ2n) is 2.86. The van der Waals surface area contributed by atoms with Crippen LogP contribution < -0.4 is 5.73 Å². The van der Waals surface area contributed by atoms with Crippen LogP contribution in [0.15, 0.2) is 4.52 Å². The largest absolute Gasteiger partial charge is 0.396 e. The standard InChI is InChI=1S/C7H10F3N3O/c1-2-4(11)6-12-5(13-14-6)3-7(8,9)10/h4H,2-3,11H2,1H3. The molecule has 0 aromatic carbocycles. The molecule has 1 rings (SSSR count). The van der Waals surface area contributed by atoms with Gasteiger partial charge in [-0.25, -0.2) is 0 Å². The van der Waals surface area contributed by atoms with Crippen molar-refractivity contribution < 1.29 is 17.7 Å². The number of hydrogen-bond acceptors (Lipinski definition) is 4. The number of aromatic nitrogens is 2. The highest BCUT2D eigenvalue weighted by atomic mass is 19.4. The quantitative estimate of drug-likeness (QED) is 0.820. The summed E-state index contributed by atoms with van der Waals surface area (Å²) in [6, 6.07) is -0.496. The number of alkyl halides is 3. The van der Waals surface area contributed by atoms with Crippen LogP contribution in [0.4, 0.5) is 13.2 Å². The summed E-state index contributed by atoms with van der Waals surface area (Å²) in [7, 11) is 0. The molecule has 0 saturated carbocycles. The van der Waals surface area contributed by atoms with E-state index >= 15 is 0 Å². The first-order valence-corrected chi connectivity index (χ1v) is 4.07. The van der Waals surface area contributed by atoms with Gasteiger partial charge in [-0.05, 0) is 6.42 Å². The number of hydrogen-bond donors (Lipinski definition) is 1. The third kappa shape index (κ3) is 2.99. The fraction of sp³-hybridized carbons (Fsp3) is 0.714. The van der Waals surface area contributed by atoms with Gasteiger partial charge in [0.15, 0.2) is 5.82 Å². The van der Waals surface area contributed by atoms with Crippen LogP contribution in [0.5, 0.6) is 0 Å². The highest BCUT2D eigenvalue weighted by molar-refractivity contribution is 4.92. The molecule has 0 aliphatic rings. The van der Waals surface area contributed by atoms with Crippen molar-refractivity contribution in [2.45, 2.75) is 32.0 Å². The van der Waals surface area contributed by atoms with Gasteiger partial charge in [-0.1, -0.05) is 12.1 Å². The lowest BCUT2D eigenvalue weighted by Gasteiger charge is -2.01. The molecule has 80 valence electrons. The van der Waals surface area contributed by atoms with E-state index in [2.05, 4.69) is 14.7 Å². The van der Waals surface area contributed by atoms with E-state index in [0.717, 1.165) is 0 Å². The van der Waals surface area contributed by atoms with Gasteiger partial charge in [0.2, 0.25) is 5.89 Å². The van der Waals surface area contributed by atoms with Crippen LogP contribution in [0.3, 0.4) is 0 Å². The van der Waals surface area contributed by atoms with Crippen LogP contribution in [-0.2, 0) is 6.42 Å². The summed E-state index contributed by atoms with van der Waals surface area (Å²) in [5, 5.41) is 3.18. The van der Waals surface area contributed by atoms with Crippen molar-refractivity contribution in [2.75, 3.05) is 0 Å². The molecule has 0 spiro atoms. The third-order valence-electron chi connectivity index (χ3n) is 1.60. The van der Waals surface area contributed by atoms with E-state index in [0.29, 0.717) is 6.42 Å². The Hall–Kier alpha value is -1.11. The van der Waals surface area contributed by atoms with Crippen LogP contribution in [0.2, 0.25) is 0 Å². The highest BCUT2D eigenvalue weighted by Crippen LogP contribution is 2.20. The average molecular weight is 209 g/mol. The minimum absolute atomic E-state index is 0.0479. The van der Waals surface area contributed by atoms with E-state index in [1.807, 2.05) is 0 Å². The molecular formula is C7H10F3N3O. The van der Waals surface area contributed by atoms with Crippen molar-refractivity contribution in [1.29, 1.82) is 0 Å². The Bertz CT molecular complexity index is 297. The molecule has 1 aromatic heterocycles. The van der Waals surface area contributed by atoms with Gasteiger partial charge in [0.1, 0.15) is 6.42 Å². The minimum Gasteiger partial charge on any atom is -0.338 e. The van der Waals surface area contributed by atoms with Gasteiger partial charge in [0.25, 0.3) is 0 Å². The molecule has 2 N–H and O–H groups in total. The fourth-order valence-corrected chi connectivity index (χ4v) is 0.844. The summed E-state index contributed by atoms with van der Waals surface area (Å²) in [6.45, 7) is 1.78. The van der Waals surface area contributed by atoms with Crippen molar-refractivity contribution in [1.82, 2.24) is 10.1 Å². The second kappa shape index (κ2) is 3.95. The Morgan fingerprint density at radius 3 is 2.64 bits per heavy atom. The van der Waals surface area contributed by atoms with E-state index in [-0.39, 0.29) is 11.7 Å². The van der Waals surface area contributed by atoms with E-state index in [1.165, 1.54) is 0 Å². The topological polar surface area (TPSA) is 64.9 Å². The van der Waals surface area contributed by atoms with Gasteiger partial charge in [0.05, 0.1) is 6.04 Å². The van der Waals surface area contributed by atoms with Crippen molar-refractivity contribution in [3.63, 3.8) is 0 Å². The summed E-state index contributed by atoms with van der Waals surface area (Å²) >= 11 is 0. The van der Waals surface area contributed by atoms with Crippen LogP contribution >= 0.6 is 0 Å². The van der Waals surface area contributed by atoms with Crippen molar-refractivity contribution in [3.05, 3.63) is 11.7 Å². The summed E-state index contributed by atoms with van der Waals surface area (Å²) < 4.78 is 40.2. The lowest BCUT2D eigenvalue weighted by atomic mass is 10.2. The van der Waals surface area contributed by atoms with E-state index in [1.54, 1.807) is 6.92 Å². The Morgan fingerprint density at radius 1 is 1.50 bits per heavy atom. The summed E-state index contributed by atoms with van der Waals surface area (Å²) in [5.74, 6) is -0.330. The molecule has 0 aliphatic heterocycles. The number of nitrogens with two attached hydrogens (primary N) is 1. The summed E-state index contributed by atoms with van der Waals surface area (Å²) in [5.41, 5.74) is 5.49. The predicted molar refractivity (Wildman–Crippen MR) is 41.3 cm³/mol. The van der Waals surface area contributed by atoms with E-state index in [9.17, 15) is 13.2 Å². The maximum absolute atomic E-state index is 11.9. The smallest absolute Gasteiger partial charge is 0.338 e. The first-order chi connectivity index (χ1) is 6.42. The van der Waals surface area contributed by atoms with Crippen LogP contribution in [0.1, 0.15) is 31.1 Å². The zero-order chi connectivity index (χ0) is 10.8. The Morgan fingerprint density at radius 2 is 2.14 bits per heavy atom. The number of halogens is 3. The van der Waals surface area contributed by atoms with Crippen molar-refractivity contribution in [2.24, 2.45) is 5.73 Å². The Labute approximate surface area is 78.3 Å². The molecule has 0 amide bonds. The SMILES string of the molecule is CCC(N)c1nc(CC(F)(F)F)no1. The van der Waals surface area contributed by atoms with Gasteiger partial charge in [-0.3, -0.25) is 0 Å². The molecule has 0 radical (unpaired) electrons. The number of nitrogens with zero attached hydrogens (tertiary/aromatic N) is 2. The van der Waals surface area contributed by atoms with Gasteiger partial charge in [-0.15, -0.1) is 0 Å². The molecule has 1 unspecified atom stereocenters. The van der Waals surface area contributed by atoms with Crippen molar-refractivity contribution in [3.8, 4) is 0 Å². The molecule has 0 fully saturated rings. The summed E-state index contributed by atoms with van der Waals surface area (Å²) in [6.07, 6.45) is -4.97. The molecule has 0 saturated heterocycles. The predicted octanol–water partition coefficient (Wildman–Crippen LogP) is 1.58. The first kappa shape index (κ1) is 11.0. The molecule has 7 heteroatoms. The molecule has 0 bridgehead atoms. The monoisotopic (exact) mass is 209 g/mol. The molecular weight excluding hydrogens is 199 g/mol. The molecule has 14 heavy (non-hydrogen) atoms. The highest BCUT2D eigenvalue weighted by Gasteiger charge is 2.30. The van der Waals surface area contributed by atoms with Crippen LogP contribution in [0.25, 0.3) is 0 Å². The third-order valence-corrected chi connectivity index (χ3v) is 1.60. The maximum Gasteiger partial charge on any atom is 0.396 e. The first-order valence-electron chi connectivity index (χ1n) is 4.07. The zero-order valence-corrected chi connectivity index (χ0v) is 7.51. The molecule has 4 nitrogen and oxygen atoms in total. The van der Waals surface area contributed by atoms with Crippen LogP contribution in [-0.4, -0.2) is 16.3 Å². The molecule has 1 atom stereocenters. The lowest BCUT2D eigenvalue weighted by molar-refractivity contribution is -0.128. The average Bonchev–Trinajstić information content (AvgIpc) is 2.48. The number of rotatable bonds is 3. The fourth-order valence-electron chi connectivity index (χ4n) is 0.844. The summed E-state index contributed by atoms with van der Waals surface area (Å²) in [4.78, 5) is 3.54. The maximum atomic E-state index is 11.9. The second-order valence-corrected chi connectivity index (χ2v) is 2.86. The molecule has 0 aliphatic carbocycles. The van der Waals surface area contributed by atoms with Gasteiger partial charge in [0, 0.05) is 0 Å². The molecule has 1 aromatic rings. The van der Waals surface area contributed by atoms with Crippen molar-refractivity contribution >= 4 is 0 Å². The van der Waals surface area contributed by atoms with Gasteiger partial charge < -0.3 is 10.3 Å². The van der Waals surface area contributed by atoms with E-state index in [4.69, 9.17) is 5.73 Å².